The van der Waals surface area contributed by atoms with Crippen molar-refractivity contribution in [3.8, 4) is 0 Å². The van der Waals surface area contributed by atoms with Crippen molar-refractivity contribution in [3.63, 3.8) is 0 Å². The van der Waals surface area contributed by atoms with Gasteiger partial charge in [0, 0.05) is 43.5 Å². The Labute approximate surface area is 168 Å². The van der Waals surface area contributed by atoms with Gasteiger partial charge in [-0.25, -0.2) is 4.39 Å². The fourth-order valence-electron chi connectivity index (χ4n) is 3.98. The van der Waals surface area contributed by atoms with E-state index >= 15 is 0 Å². The number of nitrogens with one attached hydrogen (secondary N) is 1. The monoisotopic (exact) mass is 395 g/mol. The molecule has 1 fully saturated rings. The number of rotatable bonds is 3. The number of halogens is 1. The van der Waals surface area contributed by atoms with Crippen LogP contribution in [-0.4, -0.2) is 30.8 Å². The molecule has 0 spiro atoms. The van der Waals surface area contributed by atoms with Gasteiger partial charge in [0.15, 0.2) is 0 Å². The summed E-state index contributed by atoms with van der Waals surface area (Å²) in [6.45, 7) is 4.24. The largest absolute Gasteiger partial charge is 0.325 e. The van der Waals surface area contributed by atoms with Crippen molar-refractivity contribution in [1.29, 1.82) is 0 Å². The maximum absolute atomic E-state index is 13.5. The van der Waals surface area contributed by atoms with Gasteiger partial charge in [-0.05, 0) is 54.8 Å². The number of carbonyl (C=O) groups excluding carboxylic acids is 3. The molecular weight excluding hydrogens is 373 g/mol. The number of hydrogen-bond donors (Lipinski definition) is 1. The van der Waals surface area contributed by atoms with Crippen molar-refractivity contribution < 1.29 is 18.8 Å². The highest BCUT2D eigenvalue weighted by Crippen LogP contribution is 2.34. The summed E-state index contributed by atoms with van der Waals surface area (Å²) >= 11 is 0. The molecule has 150 valence electrons. The lowest BCUT2D eigenvalue weighted by molar-refractivity contribution is -0.122. The van der Waals surface area contributed by atoms with Gasteiger partial charge < -0.3 is 15.1 Å². The van der Waals surface area contributed by atoms with Gasteiger partial charge in [0.1, 0.15) is 5.82 Å². The highest BCUT2D eigenvalue weighted by Gasteiger charge is 2.36. The SMILES string of the molecule is CC(=O)N1CCc2cc(N3C[C@H](C(=O)Nc4cc(F)ccc4C)CC3=O)ccc21. The van der Waals surface area contributed by atoms with Crippen LogP contribution in [-0.2, 0) is 20.8 Å². The average molecular weight is 395 g/mol. The first-order valence-electron chi connectivity index (χ1n) is 9.62. The van der Waals surface area contributed by atoms with Gasteiger partial charge in [-0.2, -0.15) is 0 Å². The predicted molar refractivity (Wildman–Crippen MR) is 108 cm³/mol. The Balaban J connectivity index is 1.49. The van der Waals surface area contributed by atoms with Crippen LogP contribution in [0.15, 0.2) is 36.4 Å². The quantitative estimate of drug-likeness (QED) is 0.869. The molecule has 6 nitrogen and oxygen atoms in total. The summed E-state index contributed by atoms with van der Waals surface area (Å²) in [7, 11) is 0. The van der Waals surface area contributed by atoms with E-state index in [0.717, 1.165) is 28.9 Å². The third-order valence-electron chi connectivity index (χ3n) is 5.60. The van der Waals surface area contributed by atoms with E-state index in [4.69, 9.17) is 0 Å². The molecule has 2 aromatic carbocycles. The molecule has 0 aromatic heterocycles. The summed E-state index contributed by atoms with van der Waals surface area (Å²) < 4.78 is 13.5. The van der Waals surface area contributed by atoms with Crippen LogP contribution in [0.2, 0.25) is 0 Å². The second kappa shape index (κ2) is 7.31. The highest BCUT2D eigenvalue weighted by molar-refractivity contribution is 6.04. The lowest BCUT2D eigenvalue weighted by atomic mass is 10.1. The zero-order valence-electron chi connectivity index (χ0n) is 16.4. The Morgan fingerprint density at radius 1 is 1.17 bits per heavy atom. The second-order valence-corrected chi connectivity index (χ2v) is 7.59. The molecule has 3 amide bonds. The van der Waals surface area contributed by atoms with Crippen LogP contribution in [0.3, 0.4) is 0 Å². The zero-order chi connectivity index (χ0) is 20.7. The van der Waals surface area contributed by atoms with Crippen molar-refractivity contribution in [2.24, 2.45) is 5.92 Å². The summed E-state index contributed by atoms with van der Waals surface area (Å²) in [5, 5.41) is 2.74. The van der Waals surface area contributed by atoms with Crippen LogP contribution in [0.5, 0.6) is 0 Å². The van der Waals surface area contributed by atoms with E-state index in [2.05, 4.69) is 5.32 Å². The predicted octanol–water partition coefficient (Wildman–Crippen LogP) is 3.03. The van der Waals surface area contributed by atoms with Crippen LogP contribution >= 0.6 is 0 Å². The lowest BCUT2D eigenvalue weighted by Crippen LogP contribution is -2.28. The van der Waals surface area contributed by atoms with Crippen molar-refractivity contribution in [2.45, 2.75) is 26.7 Å². The van der Waals surface area contributed by atoms with Gasteiger partial charge >= 0.3 is 0 Å². The summed E-state index contributed by atoms with van der Waals surface area (Å²) in [5.74, 6) is -1.35. The molecule has 2 heterocycles. The number of nitrogens with zero attached hydrogens (tertiary/aromatic N) is 2. The summed E-state index contributed by atoms with van der Waals surface area (Å²) in [6.07, 6.45) is 0.852. The molecule has 0 saturated carbocycles. The fraction of sp³-hybridized carbons (Fsp3) is 0.318. The Morgan fingerprint density at radius 2 is 1.97 bits per heavy atom. The van der Waals surface area contributed by atoms with E-state index in [0.29, 0.717) is 12.2 Å². The molecule has 4 rings (SSSR count). The van der Waals surface area contributed by atoms with Crippen molar-refractivity contribution in [2.75, 3.05) is 28.2 Å². The Morgan fingerprint density at radius 3 is 2.72 bits per heavy atom. The third-order valence-corrected chi connectivity index (χ3v) is 5.60. The van der Waals surface area contributed by atoms with Crippen molar-refractivity contribution >= 4 is 34.8 Å². The Hall–Kier alpha value is -3.22. The number of hydrogen-bond acceptors (Lipinski definition) is 3. The average Bonchev–Trinajstić information content (AvgIpc) is 3.27. The molecule has 1 atom stereocenters. The van der Waals surface area contributed by atoms with E-state index in [-0.39, 0.29) is 30.7 Å². The molecule has 7 heteroatoms. The third kappa shape index (κ3) is 3.60. The summed E-state index contributed by atoms with van der Waals surface area (Å²) in [4.78, 5) is 40.3. The van der Waals surface area contributed by atoms with Crippen LogP contribution in [0.25, 0.3) is 0 Å². The zero-order valence-corrected chi connectivity index (χ0v) is 16.4. The standard InChI is InChI=1S/C22H22FN3O3/c1-13-3-4-17(23)11-19(13)24-22(29)16-10-21(28)26(12-16)18-5-6-20-15(9-18)7-8-25(20)14(2)27/h3-6,9,11,16H,7-8,10,12H2,1-2H3,(H,24,29)/t16-/m1/s1. The second-order valence-electron chi connectivity index (χ2n) is 7.59. The van der Waals surface area contributed by atoms with E-state index in [1.54, 1.807) is 22.8 Å². The maximum Gasteiger partial charge on any atom is 0.229 e. The van der Waals surface area contributed by atoms with Crippen molar-refractivity contribution in [3.05, 3.63) is 53.3 Å². The number of carbonyl (C=O) groups is 3. The first-order chi connectivity index (χ1) is 13.8. The molecule has 2 aromatic rings. The fourth-order valence-corrected chi connectivity index (χ4v) is 3.98. The maximum atomic E-state index is 13.5. The molecule has 1 N–H and O–H groups in total. The van der Waals surface area contributed by atoms with Gasteiger partial charge in [0.05, 0.1) is 5.92 Å². The van der Waals surface area contributed by atoms with Gasteiger partial charge in [-0.3, -0.25) is 14.4 Å². The molecular formula is C22H22FN3O3. The number of fused-ring (bicyclic) bond motifs is 1. The number of benzene rings is 2. The molecule has 2 aliphatic rings. The molecule has 0 bridgehead atoms. The number of amides is 3. The Bertz CT molecular complexity index is 1020. The minimum atomic E-state index is -0.507. The van der Waals surface area contributed by atoms with Crippen LogP contribution in [0.4, 0.5) is 21.5 Å². The van der Waals surface area contributed by atoms with E-state index in [9.17, 15) is 18.8 Å². The number of anilines is 3. The summed E-state index contributed by atoms with van der Waals surface area (Å²) in [6, 6.07) is 9.82. The van der Waals surface area contributed by atoms with E-state index in [1.807, 2.05) is 18.2 Å². The van der Waals surface area contributed by atoms with Gasteiger partial charge in [-0.15, -0.1) is 0 Å². The lowest BCUT2D eigenvalue weighted by Gasteiger charge is -2.19. The molecule has 29 heavy (non-hydrogen) atoms. The number of aryl methyl sites for hydroxylation is 1. The molecule has 0 unspecified atom stereocenters. The minimum Gasteiger partial charge on any atom is -0.325 e. The molecule has 0 radical (unpaired) electrons. The minimum absolute atomic E-state index is 0.00174. The molecule has 2 aliphatic heterocycles. The van der Waals surface area contributed by atoms with Crippen LogP contribution in [0.1, 0.15) is 24.5 Å². The van der Waals surface area contributed by atoms with Crippen LogP contribution in [0, 0.1) is 18.7 Å². The first kappa shape index (κ1) is 19.1. The molecule has 1 saturated heterocycles. The first-order valence-corrected chi connectivity index (χ1v) is 9.62. The normalized spacial score (nSPS) is 18.2. The highest BCUT2D eigenvalue weighted by atomic mass is 19.1. The van der Waals surface area contributed by atoms with Gasteiger partial charge in [-0.1, -0.05) is 6.07 Å². The van der Waals surface area contributed by atoms with Crippen molar-refractivity contribution in [1.82, 2.24) is 0 Å². The molecule has 0 aliphatic carbocycles. The van der Waals surface area contributed by atoms with Gasteiger partial charge in [0.25, 0.3) is 0 Å². The van der Waals surface area contributed by atoms with E-state index in [1.165, 1.54) is 19.1 Å². The summed E-state index contributed by atoms with van der Waals surface area (Å²) in [5.41, 5.74) is 3.81. The van der Waals surface area contributed by atoms with E-state index < -0.39 is 11.7 Å². The smallest absolute Gasteiger partial charge is 0.229 e. The topological polar surface area (TPSA) is 69.7 Å². The van der Waals surface area contributed by atoms with Crippen LogP contribution < -0.4 is 15.1 Å². The van der Waals surface area contributed by atoms with Gasteiger partial charge in [0.2, 0.25) is 17.7 Å². The Kier molecular flexibility index (Phi) is 4.82.